The molecule has 1 aromatic carbocycles. The van der Waals surface area contributed by atoms with Gasteiger partial charge in [0.15, 0.2) is 0 Å². The molecule has 138 valence electrons. The second-order valence-electron chi connectivity index (χ2n) is 7.49. The Morgan fingerprint density at radius 3 is 3.00 bits per heavy atom. The van der Waals surface area contributed by atoms with Crippen molar-refractivity contribution >= 4 is 22.7 Å². The zero-order chi connectivity index (χ0) is 18.1. The molecule has 4 rings (SSSR count). The number of hydrogen-bond acceptors (Lipinski definition) is 3. The van der Waals surface area contributed by atoms with Crippen LogP contribution in [-0.4, -0.2) is 42.6 Å². The van der Waals surface area contributed by atoms with Crippen LogP contribution in [-0.2, 0) is 9.53 Å². The van der Waals surface area contributed by atoms with Crippen LogP contribution in [0.5, 0.6) is 0 Å². The van der Waals surface area contributed by atoms with Crippen molar-refractivity contribution in [2.24, 2.45) is 11.8 Å². The number of amides is 2. The maximum absolute atomic E-state index is 12.7. The highest BCUT2D eigenvalue weighted by molar-refractivity contribution is 6.06. The van der Waals surface area contributed by atoms with Gasteiger partial charge in [0, 0.05) is 49.3 Å². The van der Waals surface area contributed by atoms with Crippen molar-refractivity contribution in [1.29, 1.82) is 0 Å². The normalized spacial score (nSPS) is 28.4. The molecule has 26 heavy (non-hydrogen) atoms. The Bertz CT molecular complexity index is 815. The van der Waals surface area contributed by atoms with Crippen LogP contribution in [0, 0.1) is 11.8 Å². The first-order valence-electron chi connectivity index (χ1n) is 9.31. The van der Waals surface area contributed by atoms with E-state index >= 15 is 0 Å². The standard InChI is InChI=1S/C20H25N3O3/c1-26-11-12-8-19(24)23-18-9-13(6-7-14(12)18)22-20(25)16-10-21-17-5-3-2-4-15(16)17/h2-5,10,12-14,18,21H,6-9,11H2,1H3,(H,22,25)(H,23,24). The summed E-state index contributed by atoms with van der Waals surface area (Å²) in [6.45, 7) is 0.626. The number of H-pyrrole nitrogens is 1. The molecule has 0 spiro atoms. The number of nitrogens with one attached hydrogen (secondary N) is 3. The number of benzene rings is 1. The highest BCUT2D eigenvalue weighted by Gasteiger charge is 2.41. The van der Waals surface area contributed by atoms with Gasteiger partial charge in [-0.1, -0.05) is 18.2 Å². The average molecular weight is 355 g/mol. The summed E-state index contributed by atoms with van der Waals surface area (Å²) in [5.74, 6) is 0.760. The highest BCUT2D eigenvalue weighted by Crippen LogP contribution is 2.35. The molecule has 1 aliphatic carbocycles. The van der Waals surface area contributed by atoms with E-state index in [9.17, 15) is 9.59 Å². The summed E-state index contributed by atoms with van der Waals surface area (Å²) >= 11 is 0. The fourth-order valence-electron chi connectivity index (χ4n) is 4.63. The van der Waals surface area contributed by atoms with Crippen molar-refractivity contribution in [1.82, 2.24) is 15.6 Å². The summed E-state index contributed by atoms with van der Waals surface area (Å²) in [5.41, 5.74) is 1.64. The van der Waals surface area contributed by atoms with Gasteiger partial charge < -0.3 is 20.4 Å². The number of hydrogen-bond donors (Lipinski definition) is 3. The summed E-state index contributed by atoms with van der Waals surface area (Å²) in [6.07, 6.45) is 5.03. The van der Waals surface area contributed by atoms with Gasteiger partial charge in [0.25, 0.3) is 5.91 Å². The van der Waals surface area contributed by atoms with Crippen LogP contribution < -0.4 is 10.6 Å². The number of aromatic nitrogens is 1. The predicted octanol–water partition coefficient (Wildman–Crippen LogP) is 2.22. The molecular formula is C20H25N3O3. The van der Waals surface area contributed by atoms with E-state index in [1.165, 1.54) is 0 Å². The molecule has 4 unspecified atom stereocenters. The van der Waals surface area contributed by atoms with Crippen LogP contribution in [0.1, 0.15) is 36.0 Å². The third kappa shape index (κ3) is 3.21. The Hall–Kier alpha value is -2.34. The minimum atomic E-state index is -0.0542. The Kier molecular flexibility index (Phi) is 4.68. The SMILES string of the molecule is COCC1CC(=O)NC2CC(NC(=O)c3c[nH]c4ccccc34)CCC12. The number of piperidine rings is 1. The lowest BCUT2D eigenvalue weighted by atomic mass is 9.71. The minimum absolute atomic E-state index is 0.0542. The van der Waals surface area contributed by atoms with Crippen LogP contribution in [0.15, 0.2) is 30.5 Å². The molecule has 2 aliphatic rings. The number of carbonyl (C=O) groups is 2. The van der Waals surface area contributed by atoms with E-state index in [1.54, 1.807) is 13.3 Å². The van der Waals surface area contributed by atoms with Gasteiger partial charge in [0.2, 0.25) is 5.91 Å². The maximum atomic E-state index is 12.7. The van der Waals surface area contributed by atoms with Crippen molar-refractivity contribution in [3.05, 3.63) is 36.0 Å². The predicted molar refractivity (Wildman–Crippen MR) is 98.8 cm³/mol. The number of rotatable bonds is 4. The van der Waals surface area contributed by atoms with Crippen molar-refractivity contribution in [3.8, 4) is 0 Å². The fraction of sp³-hybridized carbons (Fsp3) is 0.500. The number of ether oxygens (including phenoxy) is 1. The molecule has 3 N–H and O–H groups in total. The Morgan fingerprint density at radius 1 is 1.31 bits per heavy atom. The quantitative estimate of drug-likeness (QED) is 0.786. The molecule has 2 aromatic rings. The van der Waals surface area contributed by atoms with Crippen molar-refractivity contribution < 1.29 is 14.3 Å². The molecule has 6 heteroatoms. The Labute approximate surface area is 152 Å². The third-order valence-corrected chi connectivity index (χ3v) is 5.85. The fourth-order valence-corrected chi connectivity index (χ4v) is 4.63. The lowest BCUT2D eigenvalue weighted by Gasteiger charge is -2.43. The molecule has 2 heterocycles. The van der Waals surface area contributed by atoms with Gasteiger partial charge >= 0.3 is 0 Å². The van der Waals surface area contributed by atoms with E-state index in [0.717, 1.165) is 30.2 Å². The molecule has 1 aromatic heterocycles. The number of methoxy groups -OCH3 is 1. The summed E-state index contributed by atoms with van der Waals surface area (Å²) in [7, 11) is 1.69. The zero-order valence-corrected chi connectivity index (χ0v) is 15.0. The molecule has 1 aliphatic heterocycles. The third-order valence-electron chi connectivity index (χ3n) is 5.85. The number of para-hydroxylation sites is 1. The van der Waals surface area contributed by atoms with Gasteiger partial charge in [-0.05, 0) is 37.2 Å². The maximum Gasteiger partial charge on any atom is 0.253 e. The van der Waals surface area contributed by atoms with Gasteiger partial charge in [0.1, 0.15) is 0 Å². The minimum Gasteiger partial charge on any atom is -0.384 e. The second-order valence-corrected chi connectivity index (χ2v) is 7.49. The molecular weight excluding hydrogens is 330 g/mol. The lowest BCUT2D eigenvalue weighted by Crippen LogP contribution is -2.56. The first-order valence-corrected chi connectivity index (χ1v) is 9.31. The van der Waals surface area contributed by atoms with E-state index in [0.29, 0.717) is 24.5 Å². The summed E-state index contributed by atoms with van der Waals surface area (Å²) < 4.78 is 5.31. The monoisotopic (exact) mass is 355 g/mol. The molecule has 2 fully saturated rings. The molecule has 1 saturated heterocycles. The Morgan fingerprint density at radius 2 is 2.15 bits per heavy atom. The first-order chi connectivity index (χ1) is 12.7. The molecule has 1 saturated carbocycles. The van der Waals surface area contributed by atoms with Gasteiger partial charge in [-0.25, -0.2) is 0 Å². The first kappa shape index (κ1) is 17.1. The number of fused-ring (bicyclic) bond motifs is 2. The Balaban J connectivity index is 1.44. The molecule has 4 atom stereocenters. The largest absolute Gasteiger partial charge is 0.384 e. The van der Waals surface area contributed by atoms with E-state index < -0.39 is 0 Å². The molecule has 6 nitrogen and oxygen atoms in total. The van der Waals surface area contributed by atoms with Crippen molar-refractivity contribution in [3.63, 3.8) is 0 Å². The topological polar surface area (TPSA) is 83.2 Å². The van der Waals surface area contributed by atoms with Gasteiger partial charge in [-0.2, -0.15) is 0 Å². The van der Waals surface area contributed by atoms with Gasteiger partial charge in [-0.3, -0.25) is 9.59 Å². The lowest BCUT2D eigenvalue weighted by molar-refractivity contribution is -0.128. The number of aromatic amines is 1. The second kappa shape index (κ2) is 7.11. The molecule has 2 amide bonds. The highest BCUT2D eigenvalue weighted by atomic mass is 16.5. The summed E-state index contributed by atoms with van der Waals surface area (Å²) in [4.78, 5) is 27.9. The van der Waals surface area contributed by atoms with Crippen LogP contribution >= 0.6 is 0 Å². The average Bonchev–Trinajstić information content (AvgIpc) is 3.06. The van der Waals surface area contributed by atoms with Crippen LogP contribution in [0.4, 0.5) is 0 Å². The van der Waals surface area contributed by atoms with E-state index in [2.05, 4.69) is 15.6 Å². The zero-order valence-electron chi connectivity index (χ0n) is 15.0. The summed E-state index contributed by atoms with van der Waals surface area (Å²) in [6, 6.07) is 8.01. The van der Waals surface area contributed by atoms with Crippen LogP contribution in [0.2, 0.25) is 0 Å². The number of carbonyl (C=O) groups excluding carboxylic acids is 2. The smallest absolute Gasteiger partial charge is 0.253 e. The summed E-state index contributed by atoms with van der Waals surface area (Å²) in [5, 5.41) is 7.22. The van der Waals surface area contributed by atoms with Crippen LogP contribution in [0.25, 0.3) is 10.9 Å². The van der Waals surface area contributed by atoms with Crippen molar-refractivity contribution in [2.75, 3.05) is 13.7 Å². The molecule has 0 radical (unpaired) electrons. The van der Waals surface area contributed by atoms with Gasteiger partial charge in [0.05, 0.1) is 5.56 Å². The van der Waals surface area contributed by atoms with E-state index in [1.807, 2.05) is 24.3 Å². The van der Waals surface area contributed by atoms with Crippen LogP contribution in [0.3, 0.4) is 0 Å². The van der Waals surface area contributed by atoms with Crippen molar-refractivity contribution in [2.45, 2.75) is 37.8 Å². The van der Waals surface area contributed by atoms with E-state index in [-0.39, 0.29) is 29.8 Å². The molecule has 0 bridgehead atoms. The van der Waals surface area contributed by atoms with E-state index in [4.69, 9.17) is 4.74 Å². The van der Waals surface area contributed by atoms with Gasteiger partial charge in [-0.15, -0.1) is 0 Å².